The number of fused-ring (bicyclic) bond motifs is 1. The quantitative estimate of drug-likeness (QED) is 0.466. The lowest BCUT2D eigenvalue weighted by molar-refractivity contribution is -0.137. The van der Waals surface area contributed by atoms with Crippen LogP contribution in [0.5, 0.6) is 5.75 Å². The van der Waals surface area contributed by atoms with E-state index in [0.29, 0.717) is 35.0 Å². The summed E-state index contributed by atoms with van der Waals surface area (Å²) in [6, 6.07) is 7.28. The molecule has 1 fully saturated rings. The molecule has 0 saturated carbocycles. The van der Waals surface area contributed by atoms with Crippen LogP contribution in [-0.4, -0.2) is 34.5 Å². The van der Waals surface area contributed by atoms with Crippen molar-refractivity contribution in [1.29, 1.82) is 0 Å². The van der Waals surface area contributed by atoms with Crippen LogP contribution in [-0.2, 0) is 16.0 Å². The molecule has 0 spiro atoms. The molecular weight excluding hydrogens is 396 g/mol. The fraction of sp³-hybridized carbons (Fsp3) is 0.350. The van der Waals surface area contributed by atoms with Crippen LogP contribution in [0.1, 0.15) is 23.8 Å². The summed E-state index contributed by atoms with van der Waals surface area (Å²) in [6.07, 6.45) is 1.39. The van der Waals surface area contributed by atoms with Gasteiger partial charge in [-0.2, -0.15) is 0 Å². The molecule has 1 unspecified atom stereocenters. The Morgan fingerprint density at radius 3 is 2.68 bits per heavy atom. The van der Waals surface area contributed by atoms with E-state index in [-0.39, 0.29) is 16.8 Å². The van der Waals surface area contributed by atoms with Crippen molar-refractivity contribution in [3.05, 3.63) is 45.1 Å². The number of esters is 1. The van der Waals surface area contributed by atoms with Crippen LogP contribution in [0.3, 0.4) is 0 Å². The molecule has 2 aromatic heterocycles. The summed E-state index contributed by atoms with van der Waals surface area (Å²) in [5.74, 6) is 0.456. The Hall–Kier alpha value is -2.32. The third-order valence-electron chi connectivity index (χ3n) is 4.81. The largest absolute Gasteiger partial charge is 0.497 e. The lowest BCUT2D eigenvalue weighted by Gasteiger charge is -2.14. The van der Waals surface area contributed by atoms with Gasteiger partial charge in [0.05, 0.1) is 24.8 Å². The van der Waals surface area contributed by atoms with Gasteiger partial charge in [0.15, 0.2) is 5.16 Å². The van der Waals surface area contributed by atoms with E-state index >= 15 is 0 Å². The molecule has 8 heteroatoms. The molecule has 3 aromatic rings. The van der Waals surface area contributed by atoms with Crippen molar-refractivity contribution in [2.24, 2.45) is 0 Å². The molecule has 1 aliphatic heterocycles. The number of aryl methyl sites for hydroxylation is 2. The highest BCUT2D eigenvalue weighted by Gasteiger charge is 2.30. The zero-order valence-corrected chi connectivity index (χ0v) is 17.5. The molecular formula is C20H20N2O4S2. The Morgan fingerprint density at radius 2 is 2.07 bits per heavy atom. The van der Waals surface area contributed by atoms with Gasteiger partial charge in [0.2, 0.25) is 0 Å². The van der Waals surface area contributed by atoms with E-state index in [9.17, 15) is 9.59 Å². The Labute approximate surface area is 170 Å². The maximum atomic E-state index is 13.5. The number of cyclic esters (lactones) is 1. The van der Waals surface area contributed by atoms with E-state index in [4.69, 9.17) is 14.5 Å². The van der Waals surface area contributed by atoms with Gasteiger partial charge in [-0.1, -0.05) is 18.7 Å². The number of hydrogen-bond donors (Lipinski definition) is 0. The predicted molar refractivity (Wildman–Crippen MR) is 111 cm³/mol. The lowest BCUT2D eigenvalue weighted by atomic mass is 10.1. The summed E-state index contributed by atoms with van der Waals surface area (Å²) in [6.45, 7) is 4.47. The first kappa shape index (κ1) is 19.0. The van der Waals surface area contributed by atoms with Crippen LogP contribution < -0.4 is 10.3 Å². The molecule has 28 heavy (non-hydrogen) atoms. The second kappa shape index (κ2) is 7.60. The predicted octanol–water partition coefficient (Wildman–Crippen LogP) is 3.73. The van der Waals surface area contributed by atoms with Crippen LogP contribution in [0.15, 0.2) is 34.2 Å². The van der Waals surface area contributed by atoms with Crippen molar-refractivity contribution < 1.29 is 14.3 Å². The van der Waals surface area contributed by atoms with Crippen LogP contribution in [0.25, 0.3) is 15.9 Å². The highest BCUT2D eigenvalue weighted by Crippen LogP contribution is 2.34. The summed E-state index contributed by atoms with van der Waals surface area (Å²) >= 11 is 2.82. The van der Waals surface area contributed by atoms with Gasteiger partial charge in [0.25, 0.3) is 5.56 Å². The molecule has 0 N–H and O–H groups in total. The van der Waals surface area contributed by atoms with Crippen molar-refractivity contribution >= 4 is 39.3 Å². The third-order valence-corrected chi connectivity index (χ3v) is 7.05. The smallest absolute Gasteiger partial charge is 0.319 e. The summed E-state index contributed by atoms with van der Waals surface area (Å²) in [7, 11) is 1.60. The topological polar surface area (TPSA) is 70.4 Å². The number of benzene rings is 1. The van der Waals surface area contributed by atoms with E-state index < -0.39 is 0 Å². The minimum Gasteiger partial charge on any atom is -0.497 e. The molecule has 1 atom stereocenters. The molecule has 0 radical (unpaired) electrons. The SMILES string of the molecule is CCc1c(C)sc2nc(SC3CCOC3=O)n(-c3ccc(OC)cc3)c(=O)c12. The number of ether oxygens (including phenoxy) is 2. The number of methoxy groups -OCH3 is 1. The normalized spacial score (nSPS) is 16.5. The van der Waals surface area contributed by atoms with E-state index in [1.165, 1.54) is 23.1 Å². The lowest BCUT2D eigenvalue weighted by Crippen LogP contribution is -2.23. The van der Waals surface area contributed by atoms with E-state index in [1.54, 1.807) is 11.7 Å². The number of rotatable bonds is 5. The Morgan fingerprint density at radius 1 is 1.32 bits per heavy atom. The number of aromatic nitrogens is 2. The van der Waals surface area contributed by atoms with Gasteiger partial charge >= 0.3 is 5.97 Å². The molecule has 0 amide bonds. The van der Waals surface area contributed by atoms with Crippen LogP contribution >= 0.6 is 23.1 Å². The van der Waals surface area contributed by atoms with E-state index in [1.807, 2.05) is 38.1 Å². The molecule has 3 heterocycles. The summed E-state index contributed by atoms with van der Waals surface area (Å²) in [5, 5.41) is 0.829. The van der Waals surface area contributed by atoms with Crippen molar-refractivity contribution in [3.63, 3.8) is 0 Å². The standard InChI is InChI=1S/C20H20N2O4S2/c1-4-14-11(2)27-17-16(14)18(23)22(12-5-7-13(25-3)8-6-12)20(21-17)28-15-9-10-26-19(15)24/h5-8,15H,4,9-10H2,1-3H3. The third kappa shape index (κ3) is 3.20. The zero-order valence-electron chi connectivity index (χ0n) is 15.9. The monoisotopic (exact) mass is 416 g/mol. The molecule has 0 bridgehead atoms. The van der Waals surface area contributed by atoms with E-state index in [0.717, 1.165) is 21.7 Å². The minimum absolute atomic E-state index is 0.106. The van der Waals surface area contributed by atoms with Gasteiger partial charge in [-0.05, 0) is 43.2 Å². The summed E-state index contributed by atoms with van der Waals surface area (Å²) < 4.78 is 11.9. The van der Waals surface area contributed by atoms with Gasteiger partial charge in [-0.15, -0.1) is 11.3 Å². The number of carbonyl (C=O) groups is 1. The molecule has 4 rings (SSSR count). The molecule has 146 valence electrons. The number of carbonyl (C=O) groups excluding carboxylic acids is 1. The van der Waals surface area contributed by atoms with Gasteiger partial charge in [-0.25, -0.2) is 4.98 Å². The van der Waals surface area contributed by atoms with Gasteiger partial charge in [0, 0.05) is 11.3 Å². The highest BCUT2D eigenvalue weighted by atomic mass is 32.2. The average molecular weight is 417 g/mol. The molecule has 6 nitrogen and oxygen atoms in total. The van der Waals surface area contributed by atoms with Crippen LogP contribution in [0.2, 0.25) is 0 Å². The maximum Gasteiger partial charge on any atom is 0.319 e. The minimum atomic E-state index is -0.347. The van der Waals surface area contributed by atoms with Crippen molar-refractivity contribution in [2.75, 3.05) is 13.7 Å². The van der Waals surface area contributed by atoms with Gasteiger partial charge in [-0.3, -0.25) is 14.2 Å². The molecule has 1 aliphatic rings. The number of thiophene rings is 1. The second-order valence-corrected chi connectivity index (χ2v) is 8.84. The first-order valence-corrected chi connectivity index (χ1v) is 10.8. The Kier molecular flexibility index (Phi) is 5.16. The number of hydrogen-bond acceptors (Lipinski definition) is 7. The fourth-order valence-corrected chi connectivity index (χ4v) is 5.61. The van der Waals surface area contributed by atoms with Crippen molar-refractivity contribution in [3.8, 4) is 11.4 Å². The highest BCUT2D eigenvalue weighted by molar-refractivity contribution is 8.00. The van der Waals surface area contributed by atoms with Gasteiger partial charge < -0.3 is 9.47 Å². The van der Waals surface area contributed by atoms with E-state index in [2.05, 4.69) is 0 Å². The summed E-state index contributed by atoms with van der Waals surface area (Å²) in [4.78, 5) is 32.1. The first-order chi connectivity index (χ1) is 13.5. The number of nitrogens with zero attached hydrogens (tertiary/aromatic N) is 2. The first-order valence-electron chi connectivity index (χ1n) is 9.06. The number of thioether (sulfide) groups is 1. The Bertz CT molecular complexity index is 1100. The van der Waals surface area contributed by atoms with Gasteiger partial charge in [0.1, 0.15) is 15.8 Å². The zero-order chi connectivity index (χ0) is 19.8. The second-order valence-electron chi connectivity index (χ2n) is 6.47. The average Bonchev–Trinajstić information content (AvgIpc) is 3.24. The van der Waals surface area contributed by atoms with Crippen molar-refractivity contribution in [1.82, 2.24) is 9.55 Å². The maximum absolute atomic E-state index is 13.5. The van der Waals surface area contributed by atoms with Crippen LogP contribution in [0.4, 0.5) is 0 Å². The molecule has 1 saturated heterocycles. The van der Waals surface area contributed by atoms with Crippen molar-refractivity contribution in [2.45, 2.75) is 37.1 Å². The van der Waals surface area contributed by atoms with Crippen LogP contribution in [0, 0.1) is 6.92 Å². The fourth-order valence-electron chi connectivity index (χ4n) is 3.37. The Balaban J connectivity index is 1.94. The molecule has 0 aliphatic carbocycles. The summed E-state index contributed by atoms with van der Waals surface area (Å²) in [5.41, 5.74) is 1.63. The molecule has 1 aromatic carbocycles.